The summed E-state index contributed by atoms with van der Waals surface area (Å²) in [4.78, 5) is 0. The SMILES string of the molecule is CCCCC(CC)CSc1n[nH]c(=S)s1. The molecule has 1 heterocycles. The molecule has 0 aliphatic carbocycles. The van der Waals surface area contributed by atoms with Crippen molar-refractivity contribution in [1.29, 1.82) is 0 Å². The Morgan fingerprint density at radius 3 is 2.87 bits per heavy atom. The Hall–Kier alpha value is 0.130. The number of nitrogens with one attached hydrogen (secondary N) is 1. The Bertz CT molecular complexity index is 318. The molecule has 15 heavy (non-hydrogen) atoms. The number of aromatic amines is 1. The molecule has 0 aliphatic rings. The van der Waals surface area contributed by atoms with Crippen molar-refractivity contribution in [3.63, 3.8) is 0 Å². The molecule has 0 spiro atoms. The first-order chi connectivity index (χ1) is 7.26. The largest absolute Gasteiger partial charge is 0.257 e. The fraction of sp³-hybridized carbons (Fsp3) is 0.800. The molecule has 86 valence electrons. The van der Waals surface area contributed by atoms with Gasteiger partial charge in [-0.25, -0.2) is 0 Å². The zero-order chi connectivity index (χ0) is 11.1. The molecule has 1 N–H and O–H groups in total. The van der Waals surface area contributed by atoms with Gasteiger partial charge in [-0.3, -0.25) is 5.10 Å². The van der Waals surface area contributed by atoms with Crippen molar-refractivity contribution >= 4 is 35.3 Å². The van der Waals surface area contributed by atoms with Crippen LogP contribution >= 0.6 is 35.3 Å². The molecule has 5 heteroatoms. The summed E-state index contributed by atoms with van der Waals surface area (Å²) < 4.78 is 1.86. The van der Waals surface area contributed by atoms with Gasteiger partial charge in [0.1, 0.15) is 0 Å². The number of unbranched alkanes of at least 4 members (excludes halogenated alkanes) is 1. The standard InChI is InChI=1S/C10H18N2S3/c1-3-5-6-8(4-2)7-14-10-12-11-9(13)15-10/h8H,3-7H2,1-2H3,(H,11,13). The summed E-state index contributed by atoms with van der Waals surface area (Å²) in [7, 11) is 0. The molecule has 1 atom stereocenters. The van der Waals surface area contributed by atoms with Crippen molar-refractivity contribution in [1.82, 2.24) is 10.2 Å². The van der Waals surface area contributed by atoms with Crippen molar-refractivity contribution < 1.29 is 0 Å². The lowest BCUT2D eigenvalue weighted by Gasteiger charge is -2.12. The molecule has 0 amide bonds. The average molecular weight is 262 g/mol. The minimum absolute atomic E-state index is 0.777. The summed E-state index contributed by atoms with van der Waals surface area (Å²) in [6.45, 7) is 4.52. The Kier molecular flexibility index (Phi) is 6.52. The van der Waals surface area contributed by atoms with Crippen LogP contribution in [-0.4, -0.2) is 16.0 Å². The van der Waals surface area contributed by atoms with Gasteiger partial charge in [0.2, 0.25) is 0 Å². The van der Waals surface area contributed by atoms with Crippen LogP contribution in [0.5, 0.6) is 0 Å². The second-order valence-electron chi connectivity index (χ2n) is 3.61. The first-order valence-electron chi connectivity index (χ1n) is 5.44. The van der Waals surface area contributed by atoms with Crippen LogP contribution in [0.25, 0.3) is 0 Å². The van der Waals surface area contributed by atoms with E-state index in [0.29, 0.717) is 0 Å². The fourth-order valence-corrected chi connectivity index (χ4v) is 3.73. The average Bonchev–Trinajstić information content (AvgIpc) is 2.65. The summed E-state index contributed by atoms with van der Waals surface area (Å²) in [5.74, 6) is 2.00. The second kappa shape index (κ2) is 7.41. The first-order valence-corrected chi connectivity index (χ1v) is 7.65. The molecule has 1 aromatic heterocycles. The van der Waals surface area contributed by atoms with Crippen molar-refractivity contribution in [2.24, 2.45) is 5.92 Å². The van der Waals surface area contributed by atoms with Gasteiger partial charge in [-0.05, 0) is 24.6 Å². The van der Waals surface area contributed by atoms with Crippen LogP contribution in [0.2, 0.25) is 0 Å². The number of nitrogens with zero attached hydrogens (tertiary/aromatic N) is 1. The predicted octanol–water partition coefficient (Wildman–Crippen LogP) is 4.51. The maximum absolute atomic E-state index is 5.00. The number of thioether (sulfide) groups is 1. The predicted molar refractivity (Wildman–Crippen MR) is 71.3 cm³/mol. The highest BCUT2D eigenvalue weighted by atomic mass is 32.2. The molecular formula is C10H18N2S3. The van der Waals surface area contributed by atoms with E-state index in [9.17, 15) is 0 Å². The zero-order valence-electron chi connectivity index (χ0n) is 9.28. The van der Waals surface area contributed by atoms with E-state index >= 15 is 0 Å². The van der Waals surface area contributed by atoms with Gasteiger partial charge in [-0.1, -0.05) is 56.2 Å². The first kappa shape index (κ1) is 13.2. The van der Waals surface area contributed by atoms with E-state index in [0.717, 1.165) is 14.2 Å². The molecule has 0 radical (unpaired) electrons. The van der Waals surface area contributed by atoms with Gasteiger partial charge < -0.3 is 0 Å². The van der Waals surface area contributed by atoms with E-state index in [4.69, 9.17) is 12.2 Å². The maximum Gasteiger partial charge on any atom is 0.177 e. The summed E-state index contributed by atoms with van der Waals surface area (Å²) in [6.07, 6.45) is 5.25. The van der Waals surface area contributed by atoms with Crippen LogP contribution in [0, 0.1) is 9.87 Å². The van der Waals surface area contributed by atoms with Crippen LogP contribution in [-0.2, 0) is 0 Å². The molecule has 2 nitrogen and oxygen atoms in total. The van der Waals surface area contributed by atoms with Crippen molar-refractivity contribution in [3.8, 4) is 0 Å². The third-order valence-electron chi connectivity index (χ3n) is 2.40. The molecule has 0 saturated carbocycles. The molecule has 0 bridgehead atoms. The van der Waals surface area contributed by atoms with Gasteiger partial charge in [0.15, 0.2) is 8.29 Å². The number of aromatic nitrogens is 2. The van der Waals surface area contributed by atoms with Crippen LogP contribution in [0.15, 0.2) is 4.34 Å². The lowest BCUT2D eigenvalue weighted by atomic mass is 10.0. The maximum atomic E-state index is 5.00. The van der Waals surface area contributed by atoms with Crippen molar-refractivity contribution in [3.05, 3.63) is 3.95 Å². The Labute approximate surface area is 105 Å². The minimum Gasteiger partial charge on any atom is -0.257 e. The highest BCUT2D eigenvalue weighted by Gasteiger charge is 2.08. The number of H-pyrrole nitrogens is 1. The van der Waals surface area contributed by atoms with Gasteiger partial charge in [0.05, 0.1) is 0 Å². The fourth-order valence-electron chi connectivity index (χ4n) is 1.37. The second-order valence-corrected chi connectivity index (χ2v) is 6.54. The van der Waals surface area contributed by atoms with E-state index in [1.54, 1.807) is 11.3 Å². The third-order valence-corrected chi connectivity index (χ3v) is 4.87. The Balaban J connectivity index is 2.30. The lowest BCUT2D eigenvalue weighted by molar-refractivity contribution is 0.499. The molecule has 1 aromatic rings. The van der Waals surface area contributed by atoms with E-state index in [2.05, 4.69) is 24.0 Å². The van der Waals surface area contributed by atoms with Crippen molar-refractivity contribution in [2.45, 2.75) is 43.9 Å². The molecule has 1 rings (SSSR count). The highest BCUT2D eigenvalue weighted by molar-refractivity contribution is 8.01. The van der Waals surface area contributed by atoms with Crippen molar-refractivity contribution in [2.75, 3.05) is 5.75 Å². The molecule has 0 fully saturated rings. The smallest absolute Gasteiger partial charge is 0.177 e. The van der Waals surface area contributed by atoms with Gasteiger partial charge in [-0.2, -0.15) is 5.10 Å². The minimum atomic E-state index is 0.777. The van der Waals surface area contributed by atoms with Crippen LogP contribution in [0.3, 0.4) is 0 Å². The van der Waals surface area contributed by atoms with E-state index < -0.39 is 0 Å². The quantitative estimate of drug-likeness (QED) is 0.579. The Morgan fingerprint density at radius 1 is 1.53 bits per heavy atom. The Morgan fingerprint density at radius 2 is 2.33 bits per heavy atom. The zero-order valence-corrected chi connectivity index (χ0v) is 11.7. The molecule has 0 aromatic carbocycles. The van der Waals surface area contributed by atoms with Crippen LogP contribution in [0.4, 0.5) is 0 Å². The van der Waals surface area contributed by atoms with E-state index in [-0.39, 0.29) is 0 Å². The normalized spacial score (nSPS) is 12.9. The summed E-state index contributed by atoms with van der Waals surface area (Å²) >= 11 is 8.41. The third kappa shape index (κ3) is 5.13. The van der Waals surface area contributed by atoms with Gasteiger partial charge in [-0.15, -0.1) is 0 Å². The number of hydrogen-bond donors (Lipinski definition) is 1. The molecular weight excluding hydrogens is 244 g/mol. The molecule has 0 saturated heterocycles. The molecule has 1 unspecified atom stereocenters. The van der Waals surface area contributed by atoms with Gasteiger partial charge in [0, 0.05) is 5.75 Å². The van der Waals surface area contributed by atoms with E-state index in [1.807, 2.05) is 11.8 Å². The van der Waals surface area contributed by atoms with Gasteiger partial charge >= 0.3 is 0 Å². The molecule has 0 aliphatic heterocycles. The topological polar surface area (TPSA) is 28.7 Å². The number of hydrogen-bond acceptors (Lipinski definition) is 4. The van der Waals surface area contributed by atoms with Crippen LogP contribution < -0.4 is 0 Å². The summed E-state index contributed by atoms with van der Waals surface area (Å²) in [5, 5.41) is 6.97. The highest BCUT2D eigenvalue weighted by Crippen LogP contribution is 2.26. The monoisotopic (exact) mass is 262 g/mol. The summed E-state index contributed by atoms with van der Waals surface area (Å²) in [6, 6.07) is 0. The van der Waals surface area contributed by atoms with Crippen LogP contribution in [0.1, 0.15) is 39.5 Å². The number of rotatable bonds is 7. The summed E-state index contributed by atoms with van der Waals surface area (Å²) in [5.41, 5.74) is 0. The van der Waals surface area contributed by atoms with Gasteiger partial charge in [0.25, 0.3) is 0 Å². The lowest BCUT2D eigenvalue weighted by Crippen LogP contribution is -2.01. The van der Waals surface area contributed by atoms with E-state index in [1.165, 1.54) is 31.4 Å².